The van der Waals surface area contributed by atoms with E-state index < -0.39 is 0 Å². The van der Waals surface area contributed by atoms with Crippen molar-refractivity contribution >= 4 is 44.1 Å². The number of hydrogen-bond donors (Lipinski definition) is 0. The van der Waals surface area contributed by atoms with Crippen LogP contribution in [0.3, 0.4) is 0 Å². The van der Waals surface area contributed by atoms with E-state index in [1.165, 1.54) is 32.3 Å². The molecule has 0 spiro atoms. The molecule has 0 unspecified atom stereocenters. The lowest BCUT2D eigenvalue weighted by molar-refractivity contribution is 0.261. The number of thioether (sulfide) groups is 1. The Morgan fingerprint density at radius 1 is 0.850 bits per heavy atom. The van der Waals surface area contributed by atoms with Gasteiger partial charge in [-0.2, -0.15) is 0 Å². The molecular weight excluding hydrogens is 531 g/mol. The zero-order valence-corrected chi connectivity index (χ0v) is 23.8. The molecule has 6 aromatic rings. The molecule has 1 aliphatic rings. The van der Waals surface area contributed by atoms with Gasteiger partial charge in [0.1, 0.15) is 4.83 Å². The molecule has 4 aromatic carbocycles. The van der Waals surface area contributed by atoms with Crippen LogP contribution >= 0.6 is 23.1 Å². The molecule has 6 heteroatoms. The Morgan fingerprint density at radius 2 is 1.60 bits per heavy atom. The third-order valence-corrected chi connectivity index (χ3v) is 9.83. The van der Waals surface area contributed by atoms with Gasteiger partial charge in [0.15, 0.2) is 5.16 Å². The van der Waals surface area contributed by atoms with E-state index in [9.17, 15) is 4.79 Å². The molecule has 198 valence electrons. The van der Waals surface area contributed by atoms with Gasteiger partial charge in [0.2, 0.25) is 0 Å². The minimum absolute atomic E-state index is 0.0480. The van der Waals surface area contributed by atoms with Gasteiger partial charge < -0.3 is 0 Å². The van der Waals surface area contributed by atoms with E-state index in [2.05, 4.69) is 77.7 Å². The minimum atomic E-state index is 0.0480. The highest BCUT2D eigenvalue weighted by Crippen LogP contribution is 2.35. The molecule has 1 aliphatic heterocycles. The predicted molar refractivity (Wildman–Crippen MR) is 168 cm³/mol. The number of aromatic nitrogens is 2. The normalized spacial score (nSPS) is 13.6. The van der Waals surface area contributed by atoms with Crippen LogP contribution in [0.4, 0.5) is 0 Å². The second-order valence-corrected chi connectivity index (χ2v) is 12.3. The molecule has 2 aromatic heterocycles. The van der Waals surface area contributed by atoms with Crippen LogP contribution in [0.15, 0.2) is 113 Å². The monoisotopic (exact) mass is 559 g/mol. The minimum Gasteiger partial charge on any atom is -0.298 e. The first-order valence-corrected chi connectivity index (χ1v) is 15.5. The third-order valence-electron chi connectivity index (χ3n) is 7.73. The lowest BCUT2D eigenvalue weighted by atomic mass is 10.0. The maximum absolute atomic E-state index is 14.2. The van der Waals surface area contributed by atoms with Gasteiger partial charge in [-0.3, -0.25) is 14.3 Å². The number of benzene rings is 4. The van der Waals surface area contributed by atoms with E-state index in [1.807, 2.05) is 34.9 Å². The molecule has 4 nitrogen and oxygen atoms in total. The highest BCUT2D eigenvalue weighted by Gasteiger charge is 2.25. The van der Waals surface area contributed by atoms with Crippen molar-refractivity contribution in [2.75, 3.05) is 13.1 Å². The average Bonchev–Trinajstić information content (AvgIpc) is 3.38. The lowest BCUT2D eigenvalue weighted by Gasteiger charge is -2.26. The van der Waals surface area contributed by atoms with Crippen molar-refractivity contribution in [1.82, 2.24) is 14.5 Å². The molecule has 0 radical (unpaired) electrons. The van der Waals surface area contributed by atoms with Crippen LogP contribution < -0.4 is 5.56 Å². The second kappa shape index (κ2) is 11.0. The summed E-state index contributed by atoms with van der Waals surface area (Å²) >= 11 is 3.34. The third kappa shape index (κ3) is 4.87. The number of hydrogen-bond acceptors (Lipinski definition) is 5. The van der Waals surface area contributed by atoms with Crippen molar-refractivity contribution in [2.45, 2.75) is 30.3 Å². The van der Waals surface area contributed by atoms with Crippen LogP contribution in [0.2, 0.25) is 0 Å². The zero-order chi connectivity index (χ0) is 26.9. The highest BCUT2D eigenvalue weighted by molar-refractivity contribution is 7.98. The summed E-state index contributed by atoms with van der Waals surface area (Å²) in [7, 11) is 0. The van der Waals surface area contributed by atoms with Crippen LogP contribution in [0.5, 0.6) is 0 Å². The maximum Gasteiger partial charge on any atom is 0.267 e. The van der Waals surface area contributed by atoms with Gasteiger partial charge >= 0.3 is 0 Å². The number of fused-ring (bicyclic) bond motifs is 4. The molecule has 0 amide bonds. The van der Waals surface area contributed by atoms with Gasteiger partial charge in [0, 0.05) is 30.3 Å². The van der Waals surface area contributed by atoms with Gasteiger partial charge in [0.25, 0.3) is 5.56 Å². The maximum atomic E-state index is 14.2. The van der Waals surface area contributed by atoms with Gasteiger partial charge in [-0.25, -0.2) is 4.98 Å². The molecule has 3 heterocycles. The molecule has 0 N–H and O–H groups in total. The summed E-state index contributed by atoms with van der Waals surface area (Å²) in [5, 5.41) is 4.03. The highest BCUT2D eigenvalue weighted by atomic mass is 32.2. The van der Waals surface area contributed by atoms with E-state index in [0.717, 1.165) is 59.3 Å². The van der Waals surface area contributed by atoms with Crippen LogP contribution in [-0.4, -0.2) is 27.5 Å². The molecule has 0 atom stereocenters. The summed E-state index contributed by atoms with van der Waals surface area (Å²) in [5.74, 6) is 0.741. The number of para-hydroxylation sites is 1. The van der Waals surface area contributed by atoms with E-state index in [0.29, 0.717) is 0 Å². The summed E-state index contributed by atoms with van der Waals surface area (Å²) < 4.78 is 1.83. The Balaban J connectivity index is 1.24. The Hall–Kier alpha value is -3.71. The zero-order valence-electron chi connectivity index (χ0n) is 22.1. The van der Waals surface area contributed by atoms with E-state index in [1.54, 1.807) is 23.1 Å². The molecular formula is C34H29N3OS2. The molecule has 0 saturated carbocycles. The molecule has 40 heavy (non-hydrogen) atoms. The largest absolute Gasteiger partial charge is 0.298 e. The SMILES string of the molecule is O=c1c2c3c(sc2nc(SCc2cccc4ccccc24)n1-c1ccccc1)CN(CCc1ccccc1)CC3. The smallest absolute Gasteiger partial charge is 0.267 e. The van der Waals surface area contributed by atoms with E-state index >= 15 is 0 Å². The summed E-state index contributed by atoms with van der Waals surface area (Å²) in [4.78, 5) is 24.0. The summed E-state index contributed by atoms with van der Waals surface area (Å²) in [6.07, 6.45) is 1.92. The predicted octanol–water partition coefficient (Wildman–Crippen LogP) is 7.49. The fourth-order valence-corrected chi connectivity index (χ4v) is 7.98. The topological polar surface area (TPSA) is 38.1 Å². The van der Waals surface area contributed by atoms with Crippen molar-refractivity contribution in [1.29, 1.82) is 0 Å². The fraction of sp³-hybridized carbons (Fsp3) is 0.176. The van der Waals surface area contributed by atoms with Gasteiger partial charge in [-0.05, 0) is 52.4 Å². The number of thiophene rings is 1. The van der Waals surface area contributed by atoms with Crippen LogP contribution in [-0.2, 0) is 25.1 Å². The molecule has 0 saturated heterocycles. The summed E-state index contributed by atoms with van der Waals surface area (Å²) in [5.41, 5.74) is 4.72. The van der Waals surface area contributed by atoms with Crippen LogP contribution in [0, 0.1) is 0 Å². The van der Waals surface area contributed by atoms with Crippen molar-refractivity contribution in [3.05, 3.63) is 135 Å². The first kappa shape index (κ1) is 25.3. The van der Waals surface area contributed by atoms with Crippen molar-refractivity contribution < 1.29 is 0 Å². The first-order chi connectivity index (χ1) is 19.7. The van der Waals surface area contributed by atoms with Gasteiger partial charge in [0.05, 0.1) is 11.1 Å². The van der Waals surface area contributed by atoms with E-state index in [4.69, 9.17) is 4.98 Å². The summed E-state index contributed by atoms with van der Waals surface area (Å²) in [6.45, 7) is 2.87. The Kier molecular flexibility index (Phi) is 6.98. The van der Waals surface area contributed by atoms with Crippen LogP contribution in [0.25, 0.3) is 26.7 Å². The Morgan fingerprint density at radius 3 is 2.45 bits per heavy atom. The van der Waals surface area contributed by atoms with Crippen molar-refractivity contribution in [3.63, 3.8) is 0 Å². The number of rotatable bonds is 7. The summed E-state index contributed by atoms with van der Waals surface area (Å²) in [6, 6.07) is 35.5. The van der Waals surface area contributed by atoms with Crippen molar-refractivity contribution in [2.24, 2.45) is 0 Å². The van der Waals surface area contributed by atoms with Crippen LogP contribution in [0.1, 0.15) is 21.6 Å². The van der Waals surface area contributed by atoms with Gasteiger partial charge in [-0.15, -0.1) is 11.3 Å². The van der Waals surface area contributed by atoms with Crippen molar-refractivity contribution in [3.8, 4) is 5.69 Å². The fourth-order valence-electron chi connectivity index (χ4n) is 5.66. The first-order valence-electron chi connectivity index (χ1n) is 13.7. The second-order valence-electron chi connectivity index (χ2n) is 10.2. The quantitative estimate of drug-likeness (QED) is 0.150. The molecule has 0 bridgehead atoms. The Labute approximate surface area is 241 Å². The van der Waals surface area contributed by atoms with E-state index in [-0.39, 0.29) is 5.56 Å². The molecule has 0 aliphatic carbocycles. The average molecular weight is 560 g/mol. The van der Waals surface area contributed by atoms with Gasteiger partial charge in [-0.1, -0.05) is 103 Å². The standard InChI is InChI=1S/C34H29N3OS2/c38-33-31-29-19-21-36(20-18-24-10-3-1-4-11-24)22-30(29)40-32(31)35-34(37(33)27-15-5-2-6-16-27)39-23-26-14-9-13-25-12-7-8-17-28(25)26/h1-17H,18-23H2. The molecule has 0 fully saturated rings. The number of nitrogens with zero attached hydrogens (tertiary/aromatic N) is 3. The lowest BCUT2D eigenvalue weighted by Crippen LogP contribution is -2.32. The Bertz CT molecular complexity index is 1860. The molecule has 7 rings (SSSR count).